The molecule has 0 bridgehead atoms. The Morgan fingerprint density at radius 3 is 2.64 bits per heavy atom. The lowest BCUT2D eigenvalue weighted by molar-refractivity contribution is 0.0955. The van der Waals surface area contributed by atoms with Crippen molar-refractivity contribution in [1.82, 2.24) is 9.99 Å². The van der Waals surface area contributed by atoms with Crippen LogP contribution in [0.2, 0.25) is 0 Å². The predicted octanol–water partition coefficient (Wildman–Crippen LogP) is 5.11. The summed E-state index contributed by atoms with van der Waals surface area (Å²) >= 11 is 0. The van der Waals surface area contributed by atoms with Gasteiger partial charge in [-0.15, -0.1) is 0 Å². The van der Waals surface area contributed by atoms with Gasteiger partial charge in [-0.1, -0.05) is 43.3 Å². The maximum absolute atomic E-state index is 12.4. The number of fused-ring (bicyclic) bond motifs is 1. The fourth-order valence-corrected chi connectivity index (χ4v) is 3.61. The van der Waals surface area contributed by atoms with Crippen molar-refractivity contribution in [3.05, 3.63) is 101 Å². The summed E-state index contributed by atoms with van der Waals surface area (Å²) in [5.41, 5.74) is 6.61. The molecule has 0 saturated carbocycles. The third-order valence-corrected chi connectivity index (χ3v) is 5.26. The molecule has 0 aliphatic carbocycles. The van der Waals surface area contributed by atoms with Crippen LogP contribution in [0.5, 0.6) is 5.75 Å². The van der Waals surface area contributed by atoms with E-state index in [0.717, 1.165) is 34.2 Å². The Balaban J connectivity index is 1.51. The molecule has 4 aromatic rings. The summed E-state index contributed by atoms with van der Waals surface area (Å²) < 4.78 is 7.63. The average Bonchev–Trinajstić information content (AvgIpc) is 3.20. The molecule has 0 saturated heterocycles. The molecule has 4 rings (SSSR count). The van der Waals surface area contributed by atoms with Crippen LogP contribution in [0.1, 0.15) is 40.4 Å². The first-order valence-electron chi connectivity index (χ1n) is 10.8. The van der Waals surface area contributed by atoms with Crippen LogP contribution in [0.3, 0.4) is 0 Å². The fourth-order valence-electron chi connectivity index (χ4n) is 3.61. The van der Waals surface area contributed by atoms with E-state index in [1.54, 1.807) is 30.5 Å². The Bertz CT molecular complexity index is 1330. The van der Waals surface area contributed by atoms with E-state index in [1.165, 1.54) is 0 Å². The first-order chi connectivity index (χ1) is 16.2. The molecule has 0 atom stereocenters. The Kier molecular flexibility index (Phi) is 6.81. The van der Waals surface area contributed by atoms with Crippen LogP contribution in [0.25, 0.3) is 10.9 Å². The molecule has 0 radical (unpaired) electrons. The number of nitrogens with one attached hydrogen (secondary N) is 1. The van der Waals surface area contributed by atoms with E-state index in [4.69, 9.17) is 4.74 Å². The average molecular weight is 437 g/mol. The zero-order valence-corrected chi connectivity index (χ0v) is 18.4. The second-order valence-electron chi connectivity index (χ2n) is 7.57. The third-order valence-electron chi connectivity index (χ3n) is 5.26. The number of hydrazone groups is 1. The Labute approximate surface area is 192 Å². The Morgan fingerprint density at radius 2 is 1.85 bits per heavy atom. The van der Waals surface area contributed by atoms with Crippen LogP contribution in [0.4, 0.5) is 0 Å². The molecule has 3 aromatic carbocycles. The molecule has 0 fully saturated rings. The molecule has 0 aliphatic rings. The van der Waals surface area contributed by atoms with Crippen molar-refractivity contribution < 1.29 is 9.53 Å². The lowest BCUT2D eigenvalue weighted by Gasteiger charge is -2.07. The molecule has 1 amide bonds. The largest absolute Gasteiger partial charge is 0.494 e. The molecular weight excluding hydrogens is 412 g/mol. The number of benzene rings is 3. The van der Waals surface area contributed by atoms with Gasteiger partial charge in [-0.25, -0.2) is 5.43 Å². The van der Waals surface area contributed by atoms with Crippen LogP contribution in [0.15, 0.2) is 84.1 Å². The number of ether oxygens (including phenoxy) is 1. The molecule has 0 aliphatic heterocycles. The lowest BCUT2D eigenvalue weighted by Crippen LogP contribution is -2.17. The van der Waals surface area contributed by atoms with Gasteiger partial charge in [-0.3, -0.25) is 4.79 Å². The number of rotatable bonds is 8. The number of hydrogen-bond donors (Lipinski definition) is 1. The van der Waals surface area contributed by atoms with Crippen molar-refractivity contribution in [1.29, 1.82) is 5.26 Å². The minimum atomic E-state index is -0.292. The topological polar surface area (TPSA) is 79.4 Å². The number of amides is 1. The van der Waals surface area contributed by atoms with Crippen molar-refractivity contribution in [2.45, 2.75) is 19.9 Å². The normalized spacial score (nSPS) is 10.9. The van der Waals surface area contributed by atoms with Gasteiger partial charge >= 0.3 is 0 Å². The second kappa shape index (κ2) is 10.3. The first kappa shape index (κ1) is 21.8. The quantitative estimate of drug-likeness (QED) is 0.308. The van der Waals surface area contributed by atoms with Gasteiger partial charge in [0.15, 0.2) is 0 Å². The SMILES string of the molecule is CCCOc1ccc(C(=O)N/N=C\c2cn(Cc3ccccc3C#N)c3ccccc23)cc1. The summed E-state index contributed by atoms with van der Waals surface area (Å²) in [4.78, 5) is 12.4. The van der Waals surface area contributed by atoms with Gasteiger partial charge < -0.3 is 9.30 Å². The van der Waals surface area contributed by atoms with Crippen molar-refractivity contribution in [2.75, 3.05) is 6.61 Å². The van der Waals surface area contributed by atoms with Gasteiger partial charge in [-0.2, -0.15) is 10.4 Å². The van der Waals surface area contributed by atoms with Gasteiger partial charge in [-0.05, 0) is 48.4 Å². The highest BCUT2D eigenvalue weighted by Crippen LogP contribution is 2.22. The monoisotopic (exact) mass is 436 g/mol. The smallest absolute Gasteiger partial charge is 0.271 e. The van der Waals surface area contributed by atoms with E-state index in [9.17, 15) is 10.1 Å². The molecule has 1 heterocycles. The van der Waals surface area contributed by atoms with Gasteiger partial charge in [0, 0.05) is 34.8 Å². The first-order valence-corrected chi connectivity index (χ1v) is 10.8. The van der Waals surface area contributed by atoms with Crippen molar-refractivity contribution in [3.8, 4) is 11.8 Å². The molecule has 33 heavy (non-hydrogen) atoms. The van der Waals surface area contributed by atoms with E-state index in [2.05, 4.69) is 21.2 Å². The van der Waals surface area contributed by atoms with Gasteiger partial charge in [0.25, 0.3) is 5.91 Å². The van der Waals surface area contributed by atoms with Crippen molar-refractivity contribution >= 4 is 23.0 Å². The summed E-state index contributed by atoms with van der Waals surface area (Å²) in [5.74, 6) is 0.447. The van der Waals surface area contributed by atoms with Crippen LogP contribution >= 0.6 is 0 Å². The standard InChI is InChI=1S/C27H24N4O2/c1-2-15-33-24-13-11-20(12-14-24)27(32)30-29-17-23-19-31(26-10-6-5-9-25(23)26)18-22-8-4-3-7-21(22)16-28/h3-14,17,19H,2,15,18H2,1H3,(H,30,32)/b29-17-. The van der Waals surface area contributed by atoms with Gasteiger partial charge in [0.1, 0.15) is 5.75 Å². The number of para-hydroxylation sites is 1. The number of nitrogens with zero attached hydrogens (tertiary/aromatic N) is 3. The molecule has 164 valence electrons. The summed E-state index contributed by atoms with van der Waals surface area (Å²) in [5, 5.41) is 14.6. The zero-order valence-electron chi connectivity index (χ0n) is 18.4. The molecule has 0 unspecified atom stereocenters. The van der Waals surface area contributed by atoms with E-state index < -0.39 is 0 Å². The molecule has 0 spiro atoms. The van der Waals surface area contributed by atoms with Gasteiger partial charge in [0.2, 0.25) is 0 Å². The molecular formula is C27H24N4O2. The second-order valence-corrected chi connectivity index (χ2v) is 7.57. The number of nitriles is 1. The highest BCUT2D eigenvalue weighted by Gasteiger charge is 2.10. The van der Waals surface area contributed by atoms with Crippen LogP contribution in [0, 0.1) is 11.3 Å². The van der Waals surface area contributed by atoms with E-state index in [1.807, 2.05) is 61.7 Å². The van der Waals surface area contributed by atoms with E-state index in [-0.39, 0.29) is 5.91 Å². The fraction of sp³-hybridized carbons (Fsp3) is 0.148. The zero-order chi connectivity index (χ0) is 23.0. The van der Waals surface area contributed by atoms with Crippen LogP contribution < -0.4 is 10.2 Å². The van der Waals surface area contributed by atoms with Crippen molar-refractivity contribution in [2.24, 2.45) is 5.10 Å². The minimum absolute atomic E-state index is 0.292. The lowest BCUT2D eigenvalue weighted by atomic mass is 10.1. The van der Waals surface area contributed by atoms with E-state index >= 15 is 0 Å². The number of carbonyl (C=O) groups is 1. The number of aromatic nitrogens is 1. The maximum atomic E-state index is 12.4. The summed E-state index contributed by atoms with van der Waals surface area (Å²) in [6.45, 7) is 3.25. The highest BCUT2D eigenvalue weighted by molar-refractivity contribution is 6.00. The molecule has 1 N–H and O–H groups in total. The van der Waals surface area contributed by atoms with Crippen LogP contribution in [-0.4, -0.2) is 23.3 Å². The Hall–Kier alpha value is -4.37. The summed E-state index contributed by atoms with van der Waals surface area (Å²) in [6, 6.07) is 24.8. The van der Waals surface area contributed by atoms with Crippen molar-refractivity contribution in [3.63, 3.8) is 0 Å². The maximum Gasteiger partial charge on any atom is 0.271 e. The van der Waals surface area contributed by atoms with E-state index in [0.29, 0.717) is 24.3 Å². The number of hydrogen-bond acceptors (Lipinski definition) is 4. The van der Waals surface area contributed by atoms with Gasteiger partial charge in [0.05, 0.1) is 24.5 Å². The molecule has 1 aromatic heterocycles. The Morgan fingerprint density at radius 1 is 1.09 bits per heavy atom. The minimum Gasteiger partial charge on any atom is -0.494 e. The predicted molar refractivity (Wildman–Crippen MR) is 129 cm³/mol. The molecule has 6 nitrogen and oxygen atoms in total. The summed E-state index contributed by atoms with van der Waals surface area (Å²) in [7, 11) is 0. The molecule has 6 heteroatoms. The number of carbonyl (C=O) groups excluding carboxylic acids is 1. The van der Waals surface area contributed by atoms with Crippen LogP contribution in [-0.2, 0) is 6.54 Å². The summed E-state index contributed by atoms with van der Waals surface area (Å²) in [6.07, 6.45) is 4.55. The third kappa shape index (κ3) is 5.10. The highest BCUT2D eigenvalue weighted by atomic mass is 16.5.